The van der Waals surface area contributed by atoms with Crippen molar-refractivity contribution in [1.29, 1.82) is 0 Å². The number of carbonyl (C=O) groups is 1. The van der Waals surface area contributed by atoms with Crippen LogP contribution >= 0.6 is 12.2 Å². The Labute approximate surface area is 100 Å². The van der Waals surface area contributed by atoms with E-state index in [4.69, 9.17) is 22.4 Å². The molecule has 4 nitrogen and oxygen atoms in total. The number of rotatable bonds is 4. The van der Waals surface area contributed by atoms with Crippen molar-refractivity contribution >= 4 is 23.1 Å². The Morgan fingerprint density at radius 1 is 1.69 bits per heavy atom. The lowest BCUT2D eigenvalue weighted by Crippen LogP contribution is -2.37. The second-order valence-corrected chi connectivity index (χ2v) is 4.39. The standard InChI is InChI=1S/C11H16N2O2S/c1-7-4-5-15-10(7)11(14)13(3)8(2)6-9(12)16/h4-5,8H,6H2,1-3H3,(H2,12,16). The fourth-order valence-corrected chi connectivity index (χ4v) is 1.62. The van der Waals surface area contributed by atoms with Crippen molar-refractivity contribution in [3.05, 3.63) is 23.7 Å². The molecule has 1 rings (SSSR count). The van der Waals surface area contributed by atoms with Gasteiger partial charge in [0.25, 0.3) is 5.91 Å². The normalized spacial score (nSPS) is 12.2. The molecular formula is C11H16N2O2S. The van der Waals surface area contributed by atoms with Gasteiger partial charge in [0.15, 0.2) is 5.76 Å². The molecule has 2 N–H and O–H groups in total. The van der Waals surface area contributed by atoms with Crippen molar-refractivity contribution in [2.45, 2.75) is 26.3 Å². The zero-order valence-electron chi connectivity index (χ0n) is 9.69. The van der Waals surface area contributed by atoms with Gasteiger partial charge in [0, 0.05) is 25.1 Å². The minimum Gasteiger partial charge on any atom is -0.459 e. The van der Waals surface area contributed by atoms with Crippen LogP contribution in [-0.4, -0.2) is 28.9 Å². The average Bonchev–Trinajstić information content (AvgIpc) is 2.61. The third kappa shape index (κ3) is 2.82. The number of hydrogen-bond acceptors (Lipinski definition) is 3. The topological polar surface area (TPSA) is 59.5 Å². The first-order chi connectivity index (χ1) is 7.43. The van der Waals surface area contributed by atoms with Gasteiger partial charge in [-0.1, -0.05) is 12.2 Å². The molecule has 0 bridgehead atoms. The smallest absolute Gasteiger partial charge is 0.289 e. The van der Waals surface area contributed by atoms with Crippen molar-refractivity contribution in [1.82, 2.24) is 4.90 Å². The molecule has 0 spiro atoms. The number of hydrogen-bond donors (Lipinski definition) is 1. The summed E-state index contributed by atoms with van der Waals surface area (Å²) in [5.74, 6) is 0.225. The van der Waals surface area contributed by atoms with Crippen LogP contribution in [0.5, 0.6) is 0 Å². The predicted molar refractivity (Wildman–Crippen MR) is 66.4 cm³/mol. The Hall–Kier alpha value is -1.36. The van der Waals surface area contributed by atoms with E-state index in [2.05, 4.69) is 0 Å². The monoisotopic (exact) mass is 240 g/mol. The Morgan fingerprint density at radius 2 is 2.31 bits per heavy atom. The summed E-state index contributed by atoms with van der Waals surface area (Å²) in [6.07, 6.45) is 2.02. The predicted octanol–water partition coefficient (Wildman–Crippen LogP) is 1.72. The molecule has 0 aliphatic rings. The summed E-state index contributed by atoms with van der Waals surface area (Å²) in [5, 5.41) is 0. The number of furan rings is 1. The van der Waals surface area contributed by atoms with Crippen LogP contribution in [0, 0.1) is 6.92 Å². The van der Waals surface area contributed by atoms with Gasteiger partial charge in [-0.25, -0.2) is 0 Å². The summed E-state index contributed by atoms with van der Waals surface area (Å²) < 4.78 is 5.15. The van der Waals surface area contributed by atoms with E-state index in [1.165, 1.54) is 6.26 Å². The maximum Gasteiger partial charge on any atom is 0.289 e. The molecule has 1 aromatic rings. The van der Waals surface area contributed by atoms with Gasteiger partial charge >= 0.3 is 0 Å². The third-order valence-electron chi connectivity index (χ3n) is 2.53. The molecule has 0 aromatic carbocycles. The number of nitrogens with zero attached hydrogens (tertiary/aromatic N) is 1. The van der Waals surface area contributed by atoms with E-state index in [1.54, 1.807) is 18.0 Å². The van der Waals surface area contributed by atoms with Crippen molar-refractivity contribution < 1.29 is 9.21 Å². The highest BCUT2D eigenvalue weighted by atomic mass is 32.1. The Bertz CT molecular complexity index is 400. The number of carbonyl (C=O) groups excluding carboxylic acids is 1. The number of aryl methyl sites for hydroxylation is 1. The Morgan fingerprint density at radius 3 is 2.75 bits per heavy atom. The Kier molecular flexibility index (Phi) is 4.06. The first-order valence-corrected chi connectivity index (χ1v) is 5.44. The molecule has 88 valence electrons. The summed E-state index contributed by atoms with van der Waals surface area (Å²) >= 11 is 4.82. The zero-order chi connectivity index (χ0) is 12.3. The van der Waals surface area contributed by atoms with Gasteiger partial charge in [-0.15, -0.1) is 0 Å². The van der Waals surface area contributed by atoms with Crippen molar-refractivity contribution in [2.75, 3.05) is 7.05 Å². The van der Waals surface area contributed by atoms with E-state index in [1.807, 2.05) is 13.8 Å². The highest BCUT2D eigenvalue weighted by molar-refractivity contribution is 7.80. The second-order valence-electron chi connectivity index (χ2n) is 3.87. The quantitative estimate of drug-likeness (QED) is 0.814. The lowest BCUT2D eigenvalue weighted by Gasteiger charge is -2.23. The largest absolute Gasteiger partial charge is 0.459 e. The minimum absolute atomic E-state index is 0.0329. The van der Waals surface area contributed by atoms with E-state index in [0.29, 0.717) is 17.2 Å². The molecule has 1 amide bonds. The molecule has 1 atom stereocenters. The maximum absolute atomic E-state index is 12.0. The molecule has 16 heavy (non-hydrogen) atoms. The van der Waals surface area contributed by atoms with Crippen molar-refractivity contribution in [3.8, 4) is 0 Å². The maximum atomic E-state index is 12.0. The van der Waals surface area contributed by atoms with Gasteiger partial charge < -0.3 is 15.1 Å². The van der Waals surface area contributed by atoms with Gasteiger partial charge in [-0.3, -0.25) is 4.79 Å². The first-order valence-electron chi connectivity index (χ1n) is 5.03. The van der Waals surface area contributed by atoms with Crippen LogP contribution in [0.25, 0.3) is 0 Å². The van der Waals surface area contributed by atoms with Crippen molar-refractivity contribution in [2.24, 2.45) is 5.73 Å². The van der Waals surface area contributed by atoms with E-state index in [9.17, 15) is 4.79 Å². The van der Waals surface area contributed by atoms with E-state index in [0.717, 1.165) is 5.56 Å². The molecule has 1 unspecified atom stereocenters. The molecule has 0 fully saturated rings. The van der Waals surface area contributed by atoms with Crippen LogP contribution in [-0.2, 0) is 0 Å². The molecule has 0 saturated carbocycles. The van der Waals surface area contributed by atoms with Gasteiger partial charge in [0.05, 0.1) is 11.3 Å². The highest BCUT2D eigenvalue weighted by Crippen LogP contribution is 2.13. The van der Waals surface area contributed by atoms with Crippen LogP contribution in [0.3, 0.4) is 0 Å². The van der Waals surface area contributed by atoms with Gasteiger partial charge in [0.2, 0.25) is 0 Å². The summed E-state index contributed by atoms with van der Waals surface area (Å²) in [7, 11) is 1.72. The minimum atomic E-state index is -0.147. The zero-order valence-corrected chi connectivity index (χ0v) is 10.5. The fraction of sp³-hybridized carbons (Fsp3) is 0.455. The van der Waals surface area contributed by atoms with Crippen LogP contribution in [0.2, 0.25) is 0 Å². The van der Waals surface area contributed by atoms with Crippen LogP contribution in [0.15, 0.2) is 16.7 Å². The number of thiocarbonyl (C=S) groups is 1. The van der Waals surface area contributed by atoms with Gasteiger partial charge in [-0.2, -0.15) is 0 Å². The van der Waals surface area contributed by atoms with Crippen LogP contribution < -0.4 is 5.73 Å². The lowest BCUT2D eigenvalue weighted by molar-refractivity contribution is 0.0715. The summed E-state index contributed by atoms with van der Waals surface area (Å²) in [4.78, 5) is 14.0. The van der Waals surface area contributed by atoms with Crippen molar-refractivity contribution in [3.63, 3.8) is 0 Å². The van der Waals surface area contributed by atoms with Gasteiger partial charge in [0.1, 0.15) is 0 Å². The number of nitrogens with two attached hydrogens (primary N) is 1. The molecule has 1 aromatic heterocycles. The third-order valence-corrected chi connectivity index (χ3v) is 2.70. The molecular weight excluding hydrogens is 224 g/mol. The van der Waals surface area contributed by atoms with Crippen LogP contribution in [0.4, 0.5) is 0 Å². The van der Waals surface area contributed by atoms with Crippen LogP contribution in [0.1, 0.15) is 29.5 Å². The summed E-state index contributed by atoms with van der Waals surface area (Å²) in [6.45, 7) is 3.73. The molecule has 5 heteroatoms. The van der Waals surface area contributed by atoms with E-state index in [-0.39, 0.29) is 11.9 Å². The van der Waals surface area contributed by atoms with E-state index < -0.39 is 0 Å². The lowest BCUT2D eigenvalue weighted by atomic mass is 10.2. The average molecular weight is 240 g/mol. The molecule has 1 heterocycles. The van der Waals surface area contributed by atoms with Gasteiger partial charge in [-0.05, 0) is 19.9 Å². The molecule has 0 saturated heterocycles. The number of amides is 1. The SMILES string of the molecule is Cc1ccoc1C(=O)N(C)C(C)CC(N)=S. The van der Waals surface area contributed by atoms with E-state index >= 15 is 0 Å². The molecule has 0 radical (unpaired) electrons. The molecule has 0 aliphatic carbocycles. The fourth-order valence-electron chi connectivity index (χ4n) is 1.38. The first kappa shape index (κ1) is 12.7. The highest BCUT2D eigenvalue weighted by Gasteiger charge is 2.21. The molecule has 0 aliphatic heterocycles. The summed E-state index contributed by atoms with van der Waals surface area (Å²) in [5.41, 5.74) is 6.28. The second kappa shape index (κ2) is 5.12. The summed E-state index contributed by atoms with van der Waals surface area (Å²) in [6, 6.07) is 1.73. The Balaban J connectivity index is 2.75.